The van der Waals surface area contributed by atoms with Gasteiger partial charge in [-0.2, -0.15) is 4.39 Å². The van der Waals surface area contributed by atoms with Crippen molar-refractivity contribution in [2.24, 2.45) is 0 Å². The fourth-order valence-electron chi connectivity index (χ4n) is 6.46. The van der Waals surface area contributed by atoms with Crippen molar-refractivity contribution in [2.75, 3.05) is 0 Å². The van der Waals surface area contributed by atoms with Crippen molar-refractivity contribution in [3.63, 3.8) is 0 Å². The van der Waals surface area contributed by atoms with Crippen LogP contribution in [0, 0.1) is 93.1 Å². The third kappa shape index (κ3) is 5.03. The summed E-state index contributed by atoms with van der Waals surface area (Å²) < 4.78 is 256. The summed E-state index contributed by atoms with van der Waals surface area (Å²) in [6, 6.07) is 2.90. The number of rotatable bonds is 6. The Bertz CT molecular complexity index is 3020. The molecular weight excluding hydrogens is 795 g/mol. The molecule has 284 valence electrons. The van der Waals surface area contributed by atoms with Crippen LogP contribution in [0.4, 0.5) is 70.2 Å². The number of hydrogen-bond acceptors (Lipinski definition) is 3. The molecule has 8 rings (SSSR count). The lowest BCUT2D eigenvalue weighted by Gasteiger charge is -2.22. The van der Waals surface area contributed by atoms with Gasteiger partial charge in [0.15, 0.2) is 69.7 Å². The lowest BCUT2D eigenvalue weighted by Crippen LogP contribution is -2.37. The summed E-state index contributed by atoms with van der Waals surface area (Å²) in [6.07, 6.45) is 0. The average Bonchev–Trinajstić information content (AvgIpc) is 3.14. The molecule has 0 bridgehead atoms. The maximum atomic E-state index is 16.0. The van der Waals surface area contributed by atoms with Gasteiger partial charge >= 0.3 is 7.32 Å². The molecule has 0 saturated carbocycles. The molecule has 0 N–H and O–H groups in total. The Labute approximate surface area is 298 Å². The number of hydrogen-bond donors (Lipinski definition) is 0. The standard InChI is InChI=1S/C36H7BF16O3/c38-8-5-9-15(3-1-11(39)17(9)13(41)6-8)54-37(55-16-4-2-12(40)18-10(16)7-14(42)25(43)26(18)44)56-36-24-20-19-21(27(45)28(46)23(20)32(50)35(36)53)30(48)34(52)31(49)22(19)29(47)33(24)51/h1-7H. The first-order valence-electron chi connectivity index (χ1n) is 15.1. The Hall–Kier alpha value is -6.34. The second kappa shape index (κ2) is 12.6. The summed E-state index contributed by atoms with van der Waals surface area (Å²) in [5, 5.41) is -14.7. The van der Waals surface area contributed by atoms with E-state index >= 15 is 26.3 Å². The van der Waals surface area contributed by atoms with Crippen LogP contribution in [0.25, 0.3) is 53.9 Å². The van der Waals surface area contributed by atoms with E-state index in [0.717, 1.165) is 0 Å². The van der Waals surface area contributed by atoms with Crippen LogP contribution in [-0.4, -0.2) is 7.32 Å². The lowest BCUT2D eigenvalue weighted by atomic mass is 9.90. The molecule has 0 unspecified atom stereocenters. The molecule has 0 saturated heterocycles. The van der Waals surface area contributed by atoms with Gasteiger partial charge in [-0.3, -0.25) is 0 Å². The summed E-state index contributed by atoms with van der Waals surface area (Å²) in [5.74, 6) is -38.7. The van der Waals surface area contributed by atoms with Gasteiger partial charge in [0.25, 0.3) is 0 Å². The molecule has 0 aromatic heterocycles. The zero-order chi connectivity index (χ0) is 40.4. The second-order valence-electron chi connectivity index (χ2n) is 11.9. The van der Waals surface area contributed by atoms with Gasteiger partial charge in [-0.1, -0.05) is 0 Å². The van der Waals surface area contributed by atoms with Gasteiger partial charge in [0.1, 0.15) is 34.8 Å². The third-order valence-corrected chi connectivity index (χ3v) is 8.82. The Morgan fingerprint density at radius 3 is 1.29 bits per heavy atom. The van der Waals surface area contributed by atoms with Gasteiger partial charge in [-0.05, 0) is 36.4 Å². The predicted molar refractivity (Wildman–Crippen MR) is 165 cm³/mol. The van der Waals surface area contributed by atoms with Crippen molar-refractivity contribution >= 4 is 61.2 Å². The Kier molecular flexibility index (Phi) is 8.24. The molecule has 0 amide bonds. The van der Waals surface area contributed by atoms with Crippen molar-refractivity contribution < 1.29 is 84.2 Å². The summed E-state index contributed by atoms with van der Waals surface area (Å²) in [4.78, 5) is 0. The summed E-state index contributed by atoms with van der Waals surface area (Å²) >= 11 is 0. The average molecular weight is 802 g/mol. The number of halogens is 16. The Morgan fingerprint density at radius 2 is 0.732 bits per heavy atom. The van der Waals surface area contributed by atoms with Crippen LogP contribution in [-0.2, 0) is 0 Å². The molecule has 0 aliphatic rings. The van der Waals surface area contributed by atoms with Gasteiger partial charge < -0.3 is 14.0 Å². The highest BCUT2D eigenvalue weighted by atomic mass is 19.2. The molecule has 0 fully saturated rings. The van der Waals surface area contributed by atoms with Gasteiger partial charge in [-0.15, -0.1) is 0 Å². The zero-order valence-electron chi connectivity index (χ0n) is 26.4. The van der Waals surface area contributed by atoms with Gasteiger partial charge in [0.2, 0.25) is 5.82 Å². The molecule has 0 aliphatic heterocycles. The summed E-state index contributed by atoms with van der Waals surface area (Å²) in [6.45, 7) is 0. The predicted octanol–water partition coefficient (Wildman–Crippen LogP) is 11.6. The van der Waals surface area contributed by atoms with Crippen LogP contribution in [0.2, 0.25) is 0 Å². The Morgan fingerprint density at radius 1 is 0.304 bits per heavy atom. The number of fused-ring (bicyclic) bond motifs is 2. The van der Waals surface area contributed by atoms with Crippen LogP contribution in [0.3, 0.4) is 0 Å². The van der Waals surface area contributed by atoms with E-state index in [9.17, 15) is 43.9 Å². The smallest absolute Gasteiger partial charge is 0.489 e. The molecule has 56 heavy (non-hydrogen) atoms. The monoisotopic (exact) mass is 802 g/mol. The molecule has 20 heteroatoms. The van der Waals surface area contributed by atoms with Crippen molar-refractivity contribution in [3.8, 4) is 17.2 Å². The normalized spacial score (nSPS) is 11.9. The minimum atomic E-state index is -3.00. The van der Waals surface area contributed by atoms with E-state index in [2.05, 4.69) is 0 Å². The van der Waals surface area contributed by atoms with Crippen LogP contribution in [0.5, 0.6) is 17.2 Å². The highest BCUT2D eigenvalue weighted by Crippen LogP contribution is 2.49. The maximum absolute atomic E-state index is 16.0. The van der Waals surface area contributed by atoms with Crippen LogP contribution in [0.15, 0.2) is 42.5 Å². The van der Waals surface area contributed by atoms with Crippen LogP contribution < -0.4 is 14.0 Å². The maximum Gasteiger partial charge on any atom is 0.864 e. The lowest BCUT2D eigenvalue weighted by molar-refractivity contribution is 0.301. The molecule has 0 spiro atoms. The quantitative estimate of drug-likeness (QED) is 0.0725. The highest BCUT2D eigenvalue weighted by Gasteiger charge is 2.40. The topological polar surface area (TPSA) is 27.7 Å². The summed E-state index contributed by atoms with van der Waals surface area (Å²) in [7, 11) is -3.00. The first-order valence-corrected chi connectivity index (χ1v) is 15.1. The largest absolute Gasteiger partial charge is 0.864 e. The van der Waals surface area contributed by atoms with Crippen molar-refractivity contribution in [2.45, 2.75) is 0 Å². The molecule has 8 aromatic rings. The molecular formula is C36H7BF16O3. The Balaban J connectivity index is 1.43. The molecule has 0 aliphatic carbocycles. The van der Waals surface area contributed by atoms with Crippen molar-refractivity contribution in [1.29, 1.82) is 0 Å². The van der Waals surface area contributed by atoms with Gasteiger partial charge in [-0.25, -0.2) is 65.9 Å². The molecule has 0 atom stereocenters. The first-order chi connectivity index (χ1) is 26.4. The molecule has 3 nitrogen and oxygen atoms in total. The fourth-order valence-corrected chi connectivity index (χ4v) is 6.46. The first kappa shape index (κ1) is 36.6. The van der Waals surface area contributed by atoms with Gasteiger partial charge in [0.05, 0.1) is 32.3 Å². The zero-order valence-corrected chi connectivity index (χ0v) is 26.4. The van der Waals surface area contributed by atoms with E-state index in [1.807, 2.05) is 0 Å². The van der Waals surface area contributed by atoms with E-state index in [1.165, 1.54) is 0 Å². The minimum Gasteiger partial charge on any atom is -0.489 e. The van der Waals surface area contributed by atoms with Crippen LogP contribution in [0.1, 0.15) is 0 Å². The second-order valence-corrected chi connectivity index (χ2v) is 11.9. The van der Waals surface area contributed by atoms with Crippen molar-refractivity contribution in [3.05, 3.63) is 136 Å². The van der Waals surface area contributed by atoms with E-state index in [4.69, 9.17) is 14.0 Å². The molecule has 0 radical (unpaired) electrons. The summed E-state index contributed by atoms with van der Waals surface area (Å²) in [5.41, 5.74) is 0. The SMILES string of the molecule is Fc1cc(F)c2c(F)ccc(OB(Oc3ccc(F)c4c(F)c(F)c(F)cc34)Oc3c(F)c(F)c4c(F)c(F)c5c(F)c(F)c(F)c6c(F)c(F)c3c4c56)c2c1. The fraction of sp³-hybridized carbons (Fsp3) is 0. The van der Waals surface area contributed by atoms with Crippen molar-refractivity contribution in [1.82, 2.24) is 0 Å². The molecule has 8 aromatic carbocycles. The van der Waals surface area contributed by atoms with E-state index in [0.29, 0.717) is 30.3 Å². The number of benzene rings is 8. The highest BCUT2D eigenvalue weighted by molar-refractivity contribution is 6.41. The van der Waals surface area contributed by atoms with E-state index in [-0.39, 0.29) is 12.1 Å². The van der Waals surface area contributed by atoms with Gasteiger partial charge in [0, 0.05) is 27.6 Å². The minimum absolute atomic E-state index is 0.159. The molecule has 0 heterocycles. The van der Waals surface area contributed by atoms with E-state index < -0.39 is 172 Å². The third-order valence-electron chi connectivity index (χ3n) is 8.82. The van der Waals surface area contributed by atoms with E-state index in [1.54, 1.807) is 0 Å². The van der Waals surface area contributed by atoms with Crippen LogP contribution >= 0.6 is 0 Å².